The quantitative estimate of drug-likeness (QED) is 0.632. The van der Waals surface area contributed by atoms with Gasteiger partial charge in [0, 0.05) is 30.7 Å². The van der Waals surface area contributed by atoms with Crippen molar-refractivity contribution >= 4 is 5.69 Å². The summed E-state index contributed by atoms with van der Waals surface area (Å²) in [5, 5.41) is 0. The molecule has 0 fully saturated rings. The van der Waals surface area contributed by atoms with Crippen LogP contribution in [0.2, 0.25) is 0 Å². The molecular formula is C13H16FN3O. The summed E-state index contributed by atoms with van der Waals surface area (Å²) >= 11 is 0. The third kappa shape index (κ3) is 3.48. The van der Waals surface area contributed by atoms with Crippen LogP contribution >= 0.6 is 0 Å². The lowest BCUT2D eigenvalue weighted by Gasteiger charge is -2.07. The molecule has 0 saturated carbocycles. The number of nitrogen functional groups attached to an aromatic ring is 1. The van der Waals surface area contributed by atoms with Gasteiger partial charge in [-0.1, -0.05) is 0 Å². The lowest BCUT2D eigenvalue weighted by molar-refractivity contribution is 0.289. The van der Waals surface area contributed by atoms with Gasteiger partial charge < -0.3 is 15.0 Å². The number of nitrogens with two attached hydrogens (primary N) is 1. The van der Waals surface area contributed by atoms with Crippen molar-refractivity contribution in [2.75, 3.05) is 12.3 Å². The van der Waals surface area contributed by atoms with Gasteiger partial charge in [-0.15, -0.1) is 0 Å². The van der Waals surface area contributed by atoms with Crippen LogP contribution < -0.4 is 10.5 Å². The Hall–Kier alpha value is -2.04. The van der Waals surface area contributed by atoms with Crippen LogP contribution in [0.5, 0.6) is 5.75 Å². The standard InChI is InChI=1S/C13H16FN3O/c14-12-9-11(15)3-4-13(12)18-8-2-1-6-17-7-5-16-10-17/h3-5,7,9-10H,1-2,6,8,15H2. The first-order valence-corrected chi connectivity index (χ1v) is 5.89. The molecule has 0 aliphatic carbocycles. The molecule has 2 aromatic rings. The molecule has 0 radical (unpaired) electrons. The van der Waals surface area contributed by atoms with E-state index in [4.69, 9.17) is 10.5 Å². The lowest BCUT2D eigenvalue weighted by atomic mass is 10.3. The Morgan fingerprint density at radius 1 is 1.33 bits per heavy atom. The number of aromatic nitrogens is 2. The van der Waals surface area contributed by atoms with Crippen LogP contribution in [0.25, 0.3) is 0 Å². The maximum atomic E-state index is 13.4. The van der Waals surface area contributed by atoms with Crippen molar-refractivity contribution in [2.24, 2.45) is 0 Å². The van der Waals surface area contributed by atoms with Crippen LogP contribution in [0.1, 0.15) is 12.8 Å². The molecule has 0 saturated heterocycles. The molecule has 2 N–H and O–H groups in total. The summed E-state index contributed by atoms with van der Waals surface area (Å²) in [6, 6.07) is 4.45. The summed E-state index contributed by atoms with van der Waals surface area (Å²) < 4.78 is 20.7. The second kappa shape index (κ2) is 6.05. The van der Waals surface area contributed by atoms with Gasteiger partial charge in [-0.3, -0.25) is 0 Å². The van der Waals surface area contributed by atoms with E-state index < -0.39 is 5.82 Å². The largest absolute Gasteiger partial charge is 0.491 e. The first kappa shape index (κ1) is 12.4. The smallest absolute Gasteiger partial charge is 0.167 e. The fraction of sp³-hybridized carbons (Fsp3) is 0.308. The van der Waals surface area contributed by atoms with Crippen molar-refractivity contribution in [3.63, 3.8) is 0 Å². The summed E-state index contributed by atoms with van der Waals surface area (Å²) in [4.78, 5) is 3.96. The van der Waals surface area contributed by atoms with Gasteiger partial charge in [-0.2, -0.15) is 0 Å². The molecule has 4 nitrogen and oxygen atoms in total. The molecule has 0 bridgehead atoms. The molecule has 0 spiro atoms. The van der Waals surface area contributed by atoms with Crippen molar-refractivity contribution < 1.29 is 9.13 Å². The first-order valence-electron chi connectivity index (χ1n) is 5.89. The molecule has 0 aliphatic heterocycles. The van der Waals surface area contributed by atoms with E-state index in [9.17, 15) is 4.39 Å². The zero-order chi connectivity index (χ0) is 12.8. The number of rotatable bonds is 6. The molecule has 1 aromatic heterocycles. The van der Waals surface area contributed by atoms with Crippen molar-refractivity contribution in [1.29, 1.82) is 0 Å². The molecule has 0 unspecified atom stereocenters. The molecule has 0 aliphatic rings. The highest BCUT2D eigenvalue weighted by molar-refractivity contribution is 5.42. The van der Waals surface area contributed by atoms with Gasteiger partial charge in [-0.05, 0) is 25.0 Å². The number of unbranched alkanes of at least 4 members (excludes halogenated alkanes) is 1. The van der Waals surface area contributed by atoms with E-state index in [0.717, 1.165) is 19.4 Å². The molecule has 0 atom stereocenters. The Labute approximate surface area is 105 Å². The third-order valence-corrected chi connectivity index (χ3v) is 2.58. The number of benzene rings is 1. The third-order valence-electron chi connectivity index (χ3n) is 2.58. The monoisotopic (exact) mass is 249 g/mol. The molecule has 2 rings (SSSR count). The minimum absolute atomic E-state index is 0.256. The number of imidazole rings is 1. The Morgan fingerprint density at radius 2 is 2.22 bits per heavy atom. The maximum Gasteiger partial charge on any atom is 0.167 e. The number of aryl methyl sites for hydroxylation is 1. The van der Waals surface area contributed by atoms with Gasteiger partial charge in [0.05, 0.1) is 12.9 Å². The van der Waals surface area contributed by atoms with Crippen molar-refractivity contribution in [2.45, 2.75) is 19.4 Å². The second-order valence-electron chi connectivity index (χ2n) is 4.05. The number of hydrogen-bond acceptors (Lipinski definition) is 3. The number of anilines is 1. The van der Waals surface area contributed by atoms with Gasteiger partial charge in [-0.25, -0.2) is 9.37 Å². The molecular weight excluding hydrogens is 233 g/mol. The van der Waals surface area contributed by atoms with Gasteiger partial charge in [0.1, 0.15) is 0 Å². The highest BCUT2D eigenvalue weighted by Gasteiger charge is 2.02. The van der Waals surface area contributed by atoms with E-state index in [0.29, 0.717) is 12.3 Å². The van der Waals surface area contributed by atoms with E-state index in [-0.39, 0.29) is 5.75 Å². The zero-order valence-electron chi connectivity index (χ0n) is 10.1. The van der Waals surface area contributed by atoms with Crippen LogP contribution in [0, 0.1) is 5.82 Å². The van der Waals surface area contributed by atoms with Crippen LogP contribution in [-0.2, 0) is 6.54 Å². The van der Waals surface area contributed by atoms with Crippen molar-refractivity contribution in [3.8, 4) is 5.75 Å². The fourth-order valence-corrected chi connectivity index (χ4v) is 1.63. The molecule has 1 heterocycles. The van der Waals surface area contributed by atoms with Gasteiger partial charge in [0.25, 0.3) is 0 Å². The molecule has 5 heteroatoms. The van der Waals surface area contributed by atoms with E-state index in [2.05, 4.69) is 4.98 Å². The second-order valence-corrected chi connectivity index (χ2v) is 4.05. The fourth-order valence-electron chi connectivity index (χ4n) is 1.63. The molecule has 96 valence electrons. The van der Waals surface area contributed by atoms with Crippen LogP contribution in [0.15, 0.2) is 36.9 Å². The number of ether oxygens (including phenoxy) is 1. The number of halogens is 1. The van der Waals surface area contributed by atoms with Gasteiger partial charge >= 0.3 is 0 Å². The summed E-state index contributed by atoms with van der Waals surface area (Å²) in [6.07, 6.45) is 7.27. The van der Waals surface area contributed by atoms with Crippen LogP contribution in [0.3, 0.4) is 0 Å². The average Bonchev–Trinajstić information content (AvgIpc) is 2.84. The summed E-state index contributed by atoms with van der Waals surface area (Å²) in [5.41, 5.74) is 5.86. The Kier molecular flexibility index (Phi) is 4.17. The molecule has 0 amide bonds. The maximum absolute atomic E-state index is 13.4. The lowest BCUT2D eigenvalue weighted by Crippen LogP contribution is -2.02. The van der Waals surface area contributed by atoms with E-state index >= 15 is 0 Å². The van der Waals surface area contributed by atoms with Gasteiger partial charge in [0.2, 0.25) is 0 Å². The molecule has 1 aromatic carbocycles. The van der Waals surface area contributed by atoms with E-state index in [1.54, 1.807) is 24.7 Å². The SMILES string of the molecule is Nc1ccc(OCCCCn2ccnc2)c(F)c1. The zero-order valence-corrected chi connectivity index (χ0v) is 10.1. The Balaban J connectivity index is 1.69. The van der Waals surface area contributed by atoms with E-state index in [1.807, 2.05) is 10.8 Å². The summed E-state index contributed by atoms with van der Waals surface area (Å²) in [7, 11) is 0. The van der Waals surface area contributed by atoms with Crippen LogP contribution in [-0.4, -0.2) is 16.2 Å². The van der Waals surface area contributed by atoms with Crippen LogP contribution in [0.4, 0.5) is 10.1 Å². The van der Waals surface area contributed by atoms with E-state index in [1.165, 1.54) is 6.07 Å². The van der Waals surface area contributed by atoms with Gasteiger partial charge in [0.15, 0.2) is 11.6 Å². The average molecular weight is 249 g/mol. The molecule has 18 heavy (non-hydrogen) atoms. The summed E-state index contributed by atoms with van der Waals surface area (Å²) in [6.45, 7) is 1.39. The minimum Gasteiger partial charge on any atom is -0.491 e. The highest BCUT2D eigenvalue weighted by atomic mass is 19.1. The normalized spacial score (nSPS) is 10.5. The number of nitrogens with zero attached hydrogens (tertiary/aromatic N) is 2. The van der Waals surface area contributed by atoms with Crippen molar-refractivity contribution in [1.82, 2.24) is 9.55 Å². The summed E-state index contributed by atoms with van der Waals surface area (Å²) in [5.74, 6) is -0.156. The highest BCUT2D eigenvalue weighted by Crippen LogP contribution is 2.19. The first-order chi connectivity index (χ1) is 8.75. The topological polar surface area (TPSA) is 53.1 Å². The number of hydrogen-bond donors (Lipinski definition) is 1. The predicted octanol–water partition coefficient (Wildman–Crippen LogP) is 2.46. The van der Waals surface area contributed by atoms with Crippen molar-refractivity contribution in [3.05, 3.63) is 42.7 Å². The Morgan fingerprint density at radius 3 is 2.94 bits per heavy atom. The Bertz CT molecular complexity index is 485. The predicted molar refractivity (Wildman–Crippen MR) is 67.8 cm³/mol. The minimum atomic E-state index is -0.412.